The van der Waals surface area contributed by atoms with Gasteiger partial charge >= 0.3 is 0 Å². The van der Waals surface area contributed by atoms with E-state index in [0.717, 1.165) is 24.2 Å². The highest BCUT2D eigenvalue weighted by Crippen LogP contribution is 2.58. The van der Waals surface area contributed by atoms with Crippen LogP contribution in [0.5, 0.6) is 0 Å². The largest absolute Gasteiger partial charge is 0.314 e. The van der Waals surface area contributed by atoms with Gasteiger partial charge in [-0.25, -0.2) is 0 Å². The number of hydrogen-bond donors (Lipinski definition) is 0. The first-order valence-corrected chi connectivity index (χ1v) is 26.4. The van der Waals surface area contributed by atoms with Gasteiger partial charge in [0.15, 0.2) is 0 Å². The highest BCUT2D eigenvalue weighted by Gasteiger charge is 2.47. The lowest BCUT2D eigenvalue weighted by Gasteiger charge is -2.36. The Kier molecular flexibility index (Phi) is 10.6. The van der Waals surface area contributed by atoms with Crippen LogP contribution in [-0.4, -0.2) is 0 Å². The standard InChI is InChI=1S/C73H55N/c1-48-31-42-70-69(43-48)66-41-36-54(46-71(66)73(70,56-21-5-3-6-22-56)57-23-7-4-8-24-57)51-34-39-59(40-35-51)74(72-47-68-65-29-14-12-27-63(65)62-26-11-13-28-64(62)67(68)44-49(72)2)58-37-32-50(33-38-58)53-19-15-20-55(45-53)61-30-16-18-52-17-9-10-25-60(52)61/h3-42,45-49H,43-44H2,1-2H3. The molecule has 0 saturated carbocycles. The molecule has 0 aliphatic heterocycles. The molecule has 0 bridgehead atoms. The maximum absolute atomic E-state index is 2.53. The lowest BCUT2D eigenvalue weighted by Crippen LogP contribution is -2.29. The van der Waals surface area contributed by atoms with Crippen LogP contribution >= 0.6 is 0 Å². The van der Waals surface area contributed by atoms with E-state index in [1.165, 1.54) is 116 Å². The van der Waals surface area contributed by atoms with E-state index in [4.69, 9.17) is 0 Å². The normalized spacial score (nSPS) is 16.5. The molecule has 0 N–H and O–H groups in total. The van der Waals surface area contributed by atoms with Crippen molar-refractivity contribution in [3.8, 4) is 33.4 Å². The Labute approximate surface area is 434 Å². The molecule has 3 aliphatic rings. The zero-order valence-electron chi connectivity index (χ0n) is 41.8. The quantitative estimate of drug-likeness (QED) is 0.137. The molecule has 1 heteroatoms. The zero-order valence-corrected chi connectivity index (χ0v) is 41.8. The molecule has 14 rings (SSSR count). The molecule has 11 aromatic carbocycles. The van der Waals surface area contributed by atoms with Crippen LogP contribution in [-0.2, 0) is 11.8 Å². The van der Waals surface area contributed by atoms with Crippen LogP contribution in [0.25, 0.3) is 77.3 Å². The van der Waals surface area contributed by atoms with Crippen molar-refractivity contribution in [2.75, 3.05) is 4.90 Å². The van der Waals surface area contributed by atoms with Gasteiger partial charge in [0.05, 0.1) is 5.41 Å². The van der Waals surface area contributed by atoms with E-state index in [2.05, 4.69) is 280 Å². The summed E-state index contributed by atoms with van der Waals surface area (Å²) in [5.41, 5.74) is 21.5. The van der Waals surface area contributed by atoms with Crippen molar-refractivity contribution in [3.05, 3.63) is 299 Å². The monoisotopic (exact) mass is 945 g/mol. The summed E-state index contributed by atoms with van der Waals surface area (Å²) in [7, 11) is 0. The molecular formula is C73H55N. The number of fused-ring (bicyclic) bond motifs is 9. The minimum absolute atomic E-state index is 0.250. The molecule has 2 unspecified atom stereocenters. The predicted octanol–water partition coefficient (Wildman–Crippen LogP) is 19.2. The van der Waals surface area contributed by atoms with Crippen LogP contribution in [0, 0.1) is 11.8 Å². The van der Waals surface area contributed by atoms with E-state index in [9.17, 15) is 0 Å². The highest BCUT2D eigenvalue weighted by atomic mass is 15.2. The molecule has 11 aromatic rings. The van der Waals surface area contributed by atoms with Gasteiger partial charge in [0, 0.05) is 23.0 Å². The fraction of sp³-hybridized carbons (Fsp3) is 0.0959. The second-order valence-electron chi connectivity index (χ2n) is 20.9. The SMILES string of the molecule is CC1C=CC2=C(C1)c1ccc(-c3ccc(N(C4=Cc5c(c6ccccc6c6ccccc56)CC4C)c4ccc(-c5cccc(-c6cccc7ccccc67)c5)cc4)cc3)cc1C2(c1ccccc1)c1ccccc1. The van der Waals surface area contributed by atoms with Gasteiger partial charge in [0.2, 0.25) is 0 Å². The molecule has 2 atom stereocenters. The first-order chi connectivity index (χ1) is 36.5. The number of benzene rings is 11. The van der Waals surface area contributed by atoms with Crippen LogP contribution in [0.3, 0.4) is 0 Å². The maximum atomic E-state index is 2.53. The molecule has 0 fully saturated rings. The van der Waals surface area contributed by atoms with Gasteiger partial charge in [0.1, 0.15) is 0 Å². The van der Waals surface area contributed by atoms with E-state index in [1.807, 2.05) is 0 Å². The number of rotatable bonds is 8. The zero-order chi connectivity index (χ0) is 49.3. The predicted molar refractivity (Wildman–Crippen MR) is 314 cm³/mol. The lowest BCUT2D eigenvalue weighted by molar-refractivity contribution is 0.661. The van der Waals surface area contributed by atoms with Gasteiger partial charge in [-0.05, 0) is 171 Å². The Bertz CT molecular complexity index is 4030. The Morgan fingerprint density at radius 2 is 0.959 bits per heavy atom. The Hall–Kier alpha value is -8.78. The first kappa shape index (κ1) is 44.0. The first-order valence-electron chi connectivity index (χ1n) is 26.4. The summed E-state index contributed by atoms with van der Waals surface area (Å²) in [4.78, 5) is 2.53. The number of hydrogen-bond acceptors (Lipinski definition) is 1. The third-order valence-electron chi connectivity index (χ3n) is 16.5. The molecule has 0 aromatic heterocycles. The molecule has 1 nitrogen and oxygen atoms in total. The van der Waals surface area contributed by atoms with E-state index in [0.29, 0.717) is 5.92 Å². The van der Waals surface area contributed by atoms with Crippen molar-refractivity contribution >= 4 is 55.3 Å². The average molecular weight is 946 g/mol. The summed E-state index contributed by atoms with van der Waals surface area (Å²) in [5.74, 6) is 0.732. The van der Waals surface area contributed by atoms with Gasteiger partial charge in [-0.3, -0.25) is 0 Å². The smallest absolute Gasteiger partial charge is 0.0710 e. The third-order valence-corrected chi connectivity index (χ3v) is 16.5. The Morgan fingerprint density at radius 1 is 0.419 bits per heavy atom. The van der Waals surface area contributed by atoms with E-state index in [-0.39, 0.29) is 5.92 Å². The summed E-state index contributed by atoms with van der Waals surface area (Å²) in [6.45, 7) is 4.75. The van der Waals surface area contributed by atoms with Gasteiger partial charge in [-0.2, -0.15) is 0 Å². The second kappa shape index (κ2) is 17.8. The average Bonchev–Trinajstić information content (AvgIpc) is 3.76. The van der Waals surface area contributed by atoms with Crippen LogP contribution < -0.4 is 4.90 Å². The van der Waals surface area contributed by atoms with Crippen LogP contribution in [0.2, 0.25) is 0 Å². The van der Waals surface area contributed by atoms with Crippen molar-refractivity contribution in [2.24, 2.45) is 11.8 Å². The Balaban J connectivity index is 0.895. The topological polar surface area (TPSA) is 3.24 Å². The van der Waals surface area contributed by atoms with Crippen molar-refractivity contribution in [2.45, 2.75) is 32.1 Å². The van der Waals surface area contributed by atoms with E-state index >= 15 is 0 Å². The maximum Gasteiger partial charge on any atom is 0.0710 e. The van der Waals surface area contributed by atoms with Crippen molar-refractivity contribution in [3.63, 3.8) is 0 Å². The van der Waals surface area contributed by atoms with Crippen LogP contribution in [0.15, 0.2) is 266 Å². The number of anilines is 2. The third kappa shape index (κ3) is 7.06. The van der Waals surface area contributed by atoms with Crippen molar-refractivity contribution in [1.82, 2.24) is 0 Å². The molecule has 0 heterocycles. The van der Waals surface area contributed by atoms with Gasteiger partial charge < -0.3 is 4.90 Å². The summed E-state index contributed by atoms with van der Waals surface area (Å²) < 4.78 is 0. The van der Waals surface area contributed by atoms with Crippen LogP contribution in [0.4, 0.5) is 11.4 Å². The molecule has 0 saturated heterocycles. The lowest BCUT2D eigenvalue weighted by atomic mass is 9.66. The molecule has 0 amide bonds. The van der Waals surface area contributed by atoms with Crippen LogP contribution in [0.1, 0.15) is 53.6 Å². The highest BCUT2D eigenvalue weighted by molar-refractivity contribution is 6.13. The van der Waals surface area contributed by atoms with E-state index in [1.54, 1.807) is 0 Å². The fourth-order valence-corrected chi connectivity index (χ4v) is 13.1. The van der Waals surface area contributed by atoms with Crippen molar-refractivity contribution < 1.29 is 0 Å². The summed E-state index contributed by atoms with van der Waals surface area (Å²) in [5, 5.41) is 7.82. The molecular weight excluding hydrogens is 891 g/mol. The summed E-state index contributed by atoms with van der Waals surface area (Å²) in [6.07, 6.45) is 9.35. The molecule has 0 radical (unpaired) electrons. The Morgan fingerprint density at radius 3 is 1.65 bits per heavy atom. The minimum atomic E-state index is -0.421. The molecule has 3 aliphatic carbocycles. The van der Waals surface area contributed by atoms with E-state index < -0.39 is 5.41 Å². The number of allylic oxidation sites excluding steroid dienone is 5. The molecule has 0 spiro atoms. The fourth-order valence-electron chi connectivity index (χ4n) is 13.1. The summed E-state index contributed by atoms with van der Waals surface area (Å²) in [6, 6.07) is 90.6. The van der Waals surface area contributed by atoms with Gasteiger partial charge in [0.25, 0.3) is 0 Å². The molecule has 352 valence electrons. The second-order valence-corrected chi connectivity index (χ2v) is 20.9. The number of nitrogens with zero attached hydrogens (tertiary/aromatic N) is 1. The van der Waals surface area contributed by atoms with Crippen molar-refractivity contribution in [1.29, 1.82) is 0 Å². The van der Waals surface area contributed by atoms with Gasteiger partial charge in [-0.15, -0.1) is 0 Å². The minimum Gasteiger partial charge on any atom is -0.314 e. The summed E-state index contributed by atoms with van der Waals surface area (Å²) >= 11 is 0. The molecule has 74 heavy (non-hydrogen) atoms. The van der Waals surface area contributed by atoms with Gasteiger partial charge in [-0.1, -0.05) is 232 Å².